The van der Waals surface area contributed by atoms with Gasteiger partial charge < -0.3 is 15.0 Å². The molecule has 5 nitrogen and oxygen atoms in total. The molecule has 1 amide bonds. The van der Waals surface area contributed by atoms with Crippen molar-refractivity contribution in [2.24, 2.45) is 0 Å². The first-order valence-electron chi connectivity index (χ1n) is 8.64. The molecule has 1 aliphatic rings. The second-order valence-electron chi connectivity index (χ2n) is 7.29. The molecule has 2 heterocycles. The summed E-state index contributed by atoms with van der Waals surface area (Å²) in [5, 5.41) is 3.32. The number of carbonyl (C=O) groups is 1. The normalized spacial score (nSPS) is 15.1. The number of ether oxygens (including phenoxy) is 1. The van der Waals surface area contributed by atoms with Gasteiger partial charge in [0.15, 0.2) is 0 Å². The van der Waals surface area contributed by atoms with E-state index in [1.165, 1.54) is 5.56 Å². The van der Waals surface area contributed by atoms with Gasteiger partial charge in [-0.05, 0) is 35.2 Å². The van der Waals surface area contributed by atoms with Crippen molar-refractivity contribution in [2.75, 3.05) is 31.6 Å². The Morgan fingerprint density at radius 3 is 2.24 bits per heavy atom. The molecule has 1 aromatic heterocycles. The molecule has 2 aromatic rings. The van der Waals surface area contributed by atoms with Crippen molar-refractivity contribution in [1.29, 1.82) is 0 Å². The Bertz CT molecular complexity index is 712. The van der Waals surface area contributed by atoms with Gasteiger partial charge in [0.1, 0.15) is 5.69 Å². The lowest BCUT2D eigenvalue weighted by molar-refractivity contribution is 0.0299. The largest absolute Gasteiger partial charge is 0.378 e. The number of rotatable bonds is 3. The molecule has 3 rings (SSSR count). The number of aromatic nitrogens is 1. The Kier molecular flexibility index (Phi) is 5.04. The molecule has 1 fully saturated rings. The highest BCUT2D eigenvalue weighted by Crippen LogP contribution is 2.24. The average molecular weight is 339 g/mol. The highest BCUT2D eigenvalue weighted by molar-refractivity contribution is 5.92. The van der Waals surface area contributed by atoms with Crippen LogP contribution in [-0.4, -0.2) is 42.1 Å². The van der Waals surface area contributed by atoms with Crippen LogP contribution in [0, 0.1) is 0 Å². The van der Waals surface area contributed by atoms with Crippen LogP contribution in [0.1, 0.15) is 36.8 Å². The number of hydrogen-bond donors (Lipinski definition) is 1. The van der Waals surface area contributed by atoms with Gasteiger partial charge in [-0.3, -0.25) is 4.79 Å². The van der Waals surface area contributed by atoms with Crippen LogP contribution in [0.15, 0.2) is 42.6 Å². The molecular formula is C20H25N3O2. The van der Waals surface area contributed by atoms with Gasteiger partial charge in [-0.1, -0.05) is 32.9 Å². The quantitative estimate of drug-likeness (QED) is 0.928. The smallest absolute Gasteiger partial charge is 0.272 e. The highest BCUT2D eigenvalue weighted by Gasteiger charge is 2.19. The van der Waals surface area contributed by atoms with Gasteiger partial charge in [0.2, 0.25) is 0 Å². The predicted molar refractivity (Wildman–Crippen MR) is 99.4 cm³/mol. The lowest BCUT2D eigenvalue weighted by Gasteiger charge is -2.26. The first-order chi connectivity index (χ1) is 11.9. The summed E-state index contributed by atoms with van der Waals surface area (Å²) >= 11 is 0. The molecule has 5 heteroatoms. The third-order valence-electron chi connectivity index (χ3n) is 4.32. The number of hydrogen-bond acceptors (Lipinski definition) is 4. The first-order valence-corrected chi connectivity index (χ1v) is 8.64. The zero-order chi connectivity index (χ0) is 17.9. The Morgan fingerprint density at radius 1 is 1.04 bits per heavy atom. The van der Waals surface area contributed by atoms with Gasteiger partial charge in [-0.15, -0.1) is 0 Å². The summed E-state index contributed by atoms with van der Waals surface area (Å²) in [6.45, 7) is 9.03. The summed E-state index contributed by atoms with van der Waals surface area (Å²) in [5.41, 5.74) is 3.77. The summed E-state index contributed by atoms with van der Waals surface area (Å²) in [5.74, 6) is -0.0376. The van der Waals surface area contributed by atoms with Gasteiger partial charge in [0, 0.05) is 18.8 Å². The van der Waals surface area contributed by atoms with E-state index in [0.29, 0.717) is 32.0 Å². The molecule has 1 aromatic carbocycles. The number of carbonyl (C=O) groups excluding carboxylic acids is 1. The van der Waals surface area contributed by atoms with Crippen LogP contribution in [-0.2, 0) is 10.2 Å². The van der Waals surface area contributed by atoms with Crippen LogP contribution in [0.3, 0.4) is 0 Å². The number of benzene rings is 1. The standard InChI is InChI=1S/C20H25N3O2/c1-20(2,3)15-4-6-16(7-5-15)22-17-8-9-18(21-14-17)19(24)23-10-12-25-13-11-23/h4-9,14,22H,10-13H2,1-3H3. The summed E-state index contributed by atoms with van der Waals surface area (Å²) in [6, 6.07) is 12.0. The van der Waals surface area contributed by atoms with Crippen LogP contribution in [0.5, 0.6) is 0 Å². The molecule has 1 N–H and O–H groups in total. The fourth-order valence-electron chi connectivity index (χ4n) is 2.74. The third kappa shape index (κ3) is 4.37. The van der Waals surface area contributed by atoms with Crippen molar-refractivity contribution in [2.45, 2.75) is 26.2 Å². The molecule has 0 aliphatic carbocycles. The molecule has 0 bridgehead atoms. The van der Waals surface area contributed by atoms with Crippen molar-refractivity contribution in [1.82, 2.24) is 9.88 Å². The summed E-state index contributed by atoms with van der Waals surface area (Å²) in [6.07, 6.45) is 1.70. The Balaban J connectivity index is 1.65. The molecule has 0 saturated carbocycles. The molecular weight excluding hydrogens is 314 g/mol. The highest BCUT2D eigenvalue weighted by atomic mass is 16.5. The number of pyridine rings is 1. The molecule has 25 heavy (non-hydrogen) atoms. The zero-order valence-electron chi connectivity index (χ0n) is 15.1. The average Bonchev–Trinajstić information content (AvgIpc) is 2.62. The minimum Gasteiger partial charge on any atom is -0.378 e. The topological polar surface area (TPSA) is 54.5 Å². The number of anilines is 2. The molecule has 1 saturated heterocycles. The van der Waals surface area contributed by atoms with Crippen LogP contribution >= 0.6 is 0 Å². The molecule has 0 spiro atoms. The molecule has 1 aliphatic heterocycles. The molecule has 132 valence electrons. The van der Waals surface area contributed by atoms with E-state index in [0.717, 1.165) is 11.4 Å². The van der Waals surface area contributed by atoms with Crippen molar-refractivity contribution >= 4 is 17.3 Å². The summed E-state index contributed by atoms with van der Waals surface area (Å²) < 4.78 is 5.28. The minimum atomic E-state index is -0.0376. The maximum Gasteiger partial charge on any atom is 0.272 e. The van der Waals surface area contributed by atoms with Gasteiger partial charge in [0.25, 0.3) is 5.91 Å². The van der Waals surface area contributed by atoms with Crippen molar-refractivity contribution in [3.63, 3.8) is 0 Å². The number of amides is 1. The van der Waals surface area contributed by atoms with Gasteiger partial charge >= 0.3 is 0 Å². The van der Waals surface area contributed by atoms with Gasteiger partial charge in [-0.2, -0.15) is 0 Å². The summed E-state index contributed by atoms with van der Waals surface area (Å²) in [4.78, 5) is 18.5. The number of nitrogens with one attached hydrogen (secondary N) is 1. The van der Waals surface area contributed by atoms with E-state index in [2.05, 4.69) is 55.3 Å². The molecule has 0 radical (unpaired) electrons. The maximum atomic E-state index is 12.4. The van der Waals surface area contributed by atoms with E-state index in [-0.39, 0.29) is 11.3 Å². The molecule has 0 unspecified atom stereocenters. The van der Waals surface area contributed by atoms with Gasteiger partial charge in [-0.25, -0.2) is 4.98 Å². The monoisotopic (exact) mass is 339 g/mol. The minimum absolute atomic E-state index is 0.0376. The third-order valence-corrected chi connectivity index (χ3v) is 4.32. The van der Waals surface area contributed by atoms with Crippen LogP contribution in [0.2, 0.25) is 0 Å². The Morgan fingerprint density at radius 2 is 1.68 bits per heavy atom. The second kappa shape index (κ2) is 7.23. The Hall–Kier alpha value is -2.40. The SMILES string of the molecule is CC(C)(C)c1ccc(Nc2ccc(C(=O)N3CCOCC3)nc2)cc1. The van der Waals surface area contributed by atoms with E-state index in [1.807, 2.05) is 6.07 Å². The maximum absolute atomic E-state index is 12.4. The van der Waals surface area contributed by atoms with Crippen molar-refractivity contribution in [3.8, 4) is 0 Å². The number of morpholine rings is 1. The number of nitrogens with zero attached hydrogens (tertiary/aromatic N) is 2. The van der Waals surface area contributed by atoms with Crippen LogP contribution in [0.4, 0.5) is 11.4 Å². The zero-order valence-corrected chi connectivity index (χ0v) is 15.1. The Labute approximate surface area is 149 Å². The van der Waals surface area contributed by atoms with E-state index in [4.69, 9.17) is 4.74 Å². The lowest BCUT2D eigenvalue weighted by Crippen LogP contribution is -2.41. The fourth-order valence-corrected chi connectivity index (χ4v) is 2.74. The van der Waals surface area contributed by atoms with Crippen molar-refractivity contribution in [3.05, 3.63) is 53.9 Å². The fraction of sp³-hybridized carbons (Fsp3) is 0.400. The van der Waals surface area contributed by atoms with Crippen molar-refractivity contribution < 1.29 is 9.53 Å². The van der Waals surface area contributed by atoms with E-state index >= 15 is 0 Å². The van der Waals surface area contributed by atoms with E-state index in [1.54, 1.807) is 17.2 Å². The lowest BCUT2D eigenvalue weighted by atomic mass is 9.87. The van der Waals surface area contributed by atoms with Crippen LogP contribution in [0.25, 0.3) is 0 Å². The molecule has 0 atom stereocenters. The van der Waals surface area contributed by atoms with E-state index in [9.17, 15) is 4.79 Å². The van der Waals surface area contributed by atoms with Gasteiger partial charge in [0.05, 0.1) is 25.1 Å². The predicted octanol–water partition coefficient (Wildman–Crippen LogP) is 3.60. The van der Waals surface area contributed by atoms with Crippen LogP contribution < -0.4 is 5.32 Å². The van der Waals surface area contributed by atoms with E-state index < -0.39 is 0 Å². The summed E-state index contributed by atoms with van der Waals surface area (Å²) in [7, 11) is 0. The first kappa shape index (κ1) is 17.4. The second-order valence-corrected chi connectivity index (χ2v) is 7.29.